The maximum atomic E-state index is 13.4. The summed E-state index contributed by atoms with van der Waals surface area (Å²) < 4.78 is 11.2. The van der Waals surface area contributed by atoms with Gasteiger partial charge in [0, 0.05) is 34.6 Å². The SMILES string of the molecule is CC[C@@H](C(=O)NC(C)C)N(Cc1c(Cl)cccc1Cl)C(=O)CCc1ccc2c(c1)OCCO2. The van der Waals surface area contributed by atoms with Crippen LogP contribution in [0.1, 0.15) is 44.7 Å². The summed E-state index contributed by atoms with van der Waals surface area (Å²) in [6.07, 6.45) is 1.20. The number of hydrogen-bond donors (Lipinski definition) is 1. The Morgan fingerprint density at radius 2 is 1.73 bits per heavy atom. The minimum atomic E-state index is -0.632. The molecule has 33 heavy (non-hydrogen) atoms. The molecule has 1 N–H and O–H groups in total. The zero-order valence-corrected chi connectivity index (χ0v) is 20.7. The van der Waals surface area contributed by atoms with Crippen LogP contribution in [0.25, 0.3) is 0 Å². The molecule has 3 rings (SSSR count). The summed E-state index contributed by atoms with van der Waals surface area (Å²) in [5.41, 5.74) is 1.59. The smallest absolute Gasteiger partial charge is 0.243 e. The van der Waals surface area contributed by atoms with E-state index in [-0.39, 0.29) is 30.8 Å². The van der Waals surface area contributed by atoms with Crippen LogP contribution in [0.3, 0.4) is 0 Å². The zero-order chi connectivity index (χ0) is 24.0. The fourth-order valence-electron chi connectivity index (χ4n) is 3.79. The van der Waals surface area contributed by atoms with Crippen molar-refractivity contribution in [3.05, 3.63) is 57.6 Å². The number of nitrogens with one attached hydrogen (secondary N) is 1. The Balaban J connectivity index is 1.81. The lowest BCUT2D eigenvalue weighted by Gasteiger charge is -2.32. The third-order valence-electron chi connectivity index (χ3n) is 5.44. The van der Waals surface area contributed by atoms with Crippen molar-refractivity contribution < 1.29 is 19.1 Å². The number of amides is 2. The second kappa shape index (κ2) is 11.6. The maximum absolute atomic E-state index is 13.4. The molecular formula is C25H30Cl2N2O4. The van der Waals surface area contributed by atoms with Crippen LogP contribution in [-0.2, 0) is 22.6 Å². The molecule has 0 radical (unpaired) electrons. The van der Waals surface area contributed by atoms with Crippen molar-refractivity contribution in [2.75, 3.05) is 13.2 Å². The summed E-state index contributed by atoms with van der Waals surface area (Å²) in [6, 6.07) is 10.2. The van der Waals surface area contributed by atoms with Gasteiger partial charge in [0.05, 0.1) is 0 Å². The molecule has 2 aromatic carbocycles. The number of hydrogen-bond acceptors (Lipinski definition) is 4. The third-order valence-corrected chi connectivity index (χ3v) is 6.15. The molecule has 1 heterocycles. The lowest BCUT2D eigenvalue weighted by Crippen LogP contribution is -2.50. The second-order valence-electron chi connectivity index (χ2n) is 8.29. The van der Waals surface area contributed by atoms with E-state index in [1.807, 2.05) is 39.0 Å². The molecule has 0 spiro atoms. The fraction of sp³-hybridized carbons (Fsp3) is 0.440. The van der Waals surface area contributed by atoms with Crippen molar-refractivity contribution in [1.29, 1.82) is 0 Å². The van der Waals surface area contributed by atoms with Crippen LogP contribution in [0, 0.1) is 0 Å². The number of halogens is 2. The van der Waals surface area contributed by atoms with E-state index in [9.17, 15) is 9.59 Å². The van der Waals surface area contributed by atoms with E-state index in [0.29, 0.717) is 53.2 Å². The first kappa shape index (κ1) is 25.2. The van der Waals surface area contributed by atoms with Crippen LogP contribution >= 0.6 is 23.2 Å². The maximum Gasteiger partial charge on any atom is 0.243 e. The normalized spacial score (nSPS) is 13.5. The molecule has 0 bridgehead atoms. The highest BCUT2D eigenvalue weighted by Crippen LogP contribution is 2.31. The number of carbonyl (C=O) groups is 2. The van der Waals surface area contributed by atoms with Gasteiger partial charge in [-0.15, -0.1) is 0 Å². The first-order chi connectivity index (χ1) is 15.8. The number of rotatable bonds is 9. The summed E-state index contributed by atoms with van der Waals surface area (Å²) in [7, 11) is 0. The number of nitrogens with zero attached hydrogens (tertiary/aromatic N) is 1. The Bertz CT molecular complexity index is 976. The van der Waals surface area contributed by atoms with Crippen molar-refractivity contribution in [2.45, 2.75) is 58.7 Å². The summed E-state index contributed by atoms with van der Waals surface area (Å²) >= 11 is 12.8. The van der Waals surface area contributed by atoms with Gasteiger partial charge in [0.1, 0.15) is 19.3 Å². The number of ether oxygens (including phenoxy) is 2. The molecule has 0 fully saturated rings. The van der Waals surface area contributed by atoms with Crippen molar-refractivity contribution in [3.63, 3.8) is 0 Å². The van der Waals surface area contributed by atoms with Gasteiger partial charge in [0.15, 0.2) is 11.5 Å². The van der Waals surface area contributed by atoms with Crippen molar-refractivity contribution in [1.82, 2.24) is 10.2 Å². The highest BCUT2D eigenvalue weighted by molar-refractivity contribution is 6.36. The Labute approximate surface area is 205 Å². The molecule has 1 atom stereocenters. The van der Waals surface area contributed by atoms with Gasteiger partial charge in [-0.05, 0) is 56.5 Å². The Morgan fingerprint density at radius 3 is 2.36 bits per heavy atom. The predicted molar refractivity (Wildman–Crippen MR) is 130 cm³/mol. The van der Waals surface area contributed by atoms with Gasteiger partial charge in [-0.2, -0.15) is 0 Å². The van der Waals surface area contributed by atoms with Crippen LogP contribution in [0.4, 0.5) is 0 Å². The molecule has 0 saturated heterocycles. The average Bonchev–Trinajstić information content (AvgIpc) is 2.78. The molecule has 178 valence electrons. The van der Waals surface area contributed by atoms with Crippen molar-refractivity contribution in [3.8, 4) is 11.5 Å². The lowest BCUT2D eigenvalue weighted by atomic mass is 10.1. The number of benzene rings is 2. The van der Waals surface area contributed by atoms with E-state index < -0.39 is 6.04 Å². The molecule has 0 unspecified atom stereocenters. The average molecular weight is 493 g/mol. The van der Waals surface area contributed by atoms with Crippen molar-refractivity contribution >= 4 is 35.0 Å². The molecule has 0 saturated carbocycles. The molecule has 2 aromatic rings. The quantitative estimate of drug-likeness (QED) is 0.532. The number of aryl methyl sites for hydroxylation is 1. The van der Waals surface area contributed by atoms with Gasteiger partial charge < -0.3 is 19.7 Å². The van der Waals surface area contributed by atoms with Gasteiger partial charge in [-0.25, -0.2) is 0 Å². The monoisotopic (exact) mass is 492 g/mol. The first-order valence-electron chi connectivity index (χ1n) is 11.2. The van der Waals surface area contributed by atoms with Crippen LogP contribution in [0.5, 0.6) is 11.5 Å². The molecular weight excluding hydrogens is 463 g/mol. The largest absolute Gasteiger partial charge is 0.486 e. The predicted octanol–water partition coefficient (Wildman–Crippen LogP) is 5.03. The molecule has 6 nitrogen and oxygen atoms in total. The van der Waals surface area contributed by atoms with E-state index >= 15 is 0 Å². The molecule has 2 amide bonds. The van der Waals surface area contributed by atoms with Crippen LogP contribution < -0.4 is 14.8 Å². The van der Waals surface area contributed by atoms with E-state index in [0.717, 1.165) is 5.56 Å². The number of fused-ring (bicyclic) bond motifs is 1. The van der Waals surface area contributed by atoms with Gasteiger partial charge in [-0.3, -0.25) is 9.59 Å². The summed E-state index contributed by atoms with van der Waals surface area (Å²) in [6.45, 7) is 6.86. The standard InChI is InChI=1S/C25H30Cl2N2O4/c1-4-21(25(31)28-16(2)3)29(15-18-19(26)6-5-7-20(18)27)24(30)11-9-17-8-10-22-23(14-17)33-13-12-32-22/h5-8,10,14,16,21H,4,9,11-13,15H2,1-3H3,(H,28,31)/t21-/m0/s1. The highest BCUT2D eigenvalue weighted by Gasteiger charge is 2.30. The topological polar surface area (TPSA) is 67.9 Å². The van der Waals surface area contributed by atoms with Crippen LogP contribution in [0.15, 0.2) is 36.4 Å². The summed E-state index contributed by atoms with van der Waals surface area (Å²) in [5.74, 6) is 1.06. The van der Waals surface area contributed by atoms with Gasteiger partial charge in [0.2, 0.25) is 11.8 Å². The highest BCUT2D eigenvalue weighted by atomic mass is 35.5. The second-order valence-corrected chi connectivity index (χ2v) is 9.10. The lowest BCUT2D eigenvalue weighted by molar-refractivity contribution is -0.141. The van der Waals surface area contributed by atoms with Crippen molar-refractivity contribution in [2.24, 2.45) is 0 Å². The van der Waals surface area contributed by atoms with E-state index in [2.05, 4.69) is 5.32 Å². The van der Waals surface area contributed by atoms with Gasteiger partial charge >= 0.3 is 0 Å². The number of carbonyl (C=O) groups excluding carboxylic acids is 2. The summed E-state index contributed by atoms with van der Waals surface area (Å²) in [4.78, 5) is 27.9. The Hall–Kier alpha value is -2.44. The fourth-order valence-corrected chi connectivity index (χ4v) is 4.31. The minimum Gasteiger partial charge on any atom is -0.486 e. The van der Waals surface area contributed by atoms with Gasteiger partial charge in [-0.1, -0.05) is 42.3 Å². The first-order valence-corrected chi connectivity index (χ1v) is 12.0. The minimum absolute atomic E-state index is 0.0369. The Morgan fingerprint density at radius 1 is 1.06 bits per heavy atom. The van der Waals surface area contributed by atoms with E-state index in [1.54, 1.807) is 23.1 Å². The molecule has 8 heteroatoms. The molecule has 1 aliphatic heterocycles. The van der Waals surface area contributed by atoms with Crippen LogP contribution in [-0.4, -0.2) is 42.0 Å². The third kappa shape index (κ3) is 6.55. The molecule has 1 aliphatic rings. The van der Waals surface area contributed by atoms with Gasteiger partial charge in [0.25, 0.3) is 0 Å². The van der Waals surface area contributed by atoms with E-state index in [1.165, 1.54) is 0 Å². The van der Waals surface area contributed by atoms with E-state index in [4.69, 9.17) is 32.7 Å². The Kier molecular flexibility index (Phi) is 8.87. The molecule has 0 aromatic heterocycles. The molecule has 0 aliphatic carbocycles. The van der Waals surface area contributed by atoms with Crippen LogP contribution in [0.2, 0.25) is 10.0 Å². The summed E-state index contributed by atoms with van der Waals surface area (Å²) in [5, 5.41) is 3.85. The zero-order valence-electron chi connectivity index (χ0n) is 19.2.